The molecule has 3 fully saturated rings. The number of hydrogen-bond acceptors (Lipinski definition) is 14. The van der Waals surface area contributed by atoms with Gasteiger partial charge in [-0.15, -0.1) is 0 Å². The van der Waals surface area contributed by atoms with Gasteiger partial charge < -0.3 is 61.3 Å². The maximum atomic E-state index is 13.5. The number of fused-ring (bicyclic) bond motifs is 1. The third-order valence-electron chi connectivity index (χ3n) is 15.9. The van der Waals surface area contributed by atoms with E-state index in [0.717, 1.165) is 16.7 Å². The number of carbonyl (C=O) groups excluding carboxylic acids is 1. The molecule has 4 aliphatic heterocycles. The van der Waals surface area contributed by atoms with Crippen LogP contribution in [0.4, 0.5) is 4.79 Å². The second-order valence-electron chi connectivity index (χ2n) is 22.4. The summed E-state index contributed by atoms with van der Waals surface area (Å²) in [7, 11) is -4.80. The number of aliphatic hydroxyl groups excluding tert-OH is 1. The number of carbonyl (C=O) groups is 1. The van der Waals surface area contributed by atoms with E-state index >= 15 is 0 Å². The average molecular weight is 1060 g/mol. The molecular weight excluding hydrogens is 977 g/mol. The Morgan fingerprint density at radius 2 is 0.932 bits per heavy atom. The fourth-order valence-electron chi connectivity index (χ4n) is 12.4. The Morgan fingerprint density at radius 1 is 0.514 bits per heavy atom. The van der Waals surface area contributed by atoms with Crippen LogP contribution < -0.4 is 0 Å². The van der Waals surface area contributed by atoms with Crippen LogP contribution in [-0.2, 0) is 76.0 Å². The first kappa shape index (κ1) is 58.2. The van der Waals surface area contributed by atoms with Crippen molar-refractivity contribution < 1.29 is 66.1 Å². The van der Waals surface area contributed by atoms with Crippen molar-refractivity contribution in [1.82, 2.24) is 0 Å². The van der Waals surface area contributed by atoms with Gasteiger partial charge in [-0.25, -0.2) is 4.79 Å². The summed E-state index contributed by atoms with van der Waals surface area (Å²) in [6, 6.07) is 29.7. The second-order valence-corrected chi connectivity index (χ2v) is 33.3. The lowest BCUT2D eigenvalue weighted by Gasteiger charge is -2.49. The molecule has 3 aromatic rings. The second kappa shape index (κ2) is 26.2. The highest BCUT2D eigenvalue weighted by atomic mass is 28.4. The van der Waals surface area contributed by atoms with Crippen LogP contribution in [0.15, 0.2) is 103 Å². The average Bonchev–Trinajstić information content (AvgIpc) is 3.76. The van der Waals surface area contributed by atoms with Crippen molar-refractivity contribution in [1.29, 1.82) is 0 Å². The van der Waals surface area contributed by atoms with Crippen LogP contribution >= 0.6 is 0 Å². The minimum atomic E-state index is -2.46. The molecule has 3 aromatic carbocycles. The molecule has 0 aliphatic carbocycles. The normalized spacial score (nSPS) is 29.6. The minimum absolute atomic E-state index is 0.107. The Hall–Kier alpha value is -3.50. The molecule has 3 saturated heterocycles. The van der Waals surface area contributed by atoms with Gasteiger partial charge >= 0.3 is 6.16 Å². The summed E-state index contributed by atoms with van der Waals surface area (Å²) in [5.41, 5.74) is 4.67. The molecule has 0 radical (unpaired) electrons. The molecule has 0 amide bonds. The van der Waals surface area contributed by atoms with Gasteiger partial charge in [0.25, 0.3) is 0 Å². The molecule has 14 nitrogen and oxygen atoms in total. The molecule has 0 saturated carbocycles. The van der Waals surface area contributed by atoms with Crippen molar-refractivity contribution in [2.45, 2.75) is 223 Å². The first-order chi connectivity index (χ1) is 35.4. The van der Waals surface area contributed by atoms with Crippen LogP contribution in [0.2, 0.25) is 33.2 Å². The first-order valence-electron chi connectivity index (χ1n) is 27.1. The Morgan fingerprint density at radius 3 is 1.41 bits per heavy atom. The Bertz CT molecular complexity index is 2140. The minimum Gasteiger partial charge on any atom is -0.493 e. The number of aliphatic hydroxyl groups is 1. The predicted molar refractivity (Wildman–Crippen MR) is 287 cm³/mol. The summed E-state index contributed by atoms with van der Waals surface area (Å²) in [6.07, 6.45) is -9.82. The predicted octanol–water partition coefficient (Wildman–Crippen LogP) is 11.5. The van der Waals surface area contributed by atoms with E-state index in [1.54, 1.807) is 12.3 Å². The molecule has 0 unspecified atom stereocenters. The van der Waals surface area contributed by atoms with E-state index in [1.807, 2.05) is 97.9 Å². The largest absolute Gasteiger partial charge is 0.509 e. The van der Waals surface area contributed by atoms with Gasteiger partial charge in [-0.2, -0.15) is 0 Å². The first-order valence-corrected chi connectivity index (χ1v) is 31.4. The van der Waals surface area contributed by atoms with E-state index in [-0.39, 0.29) is 43.1 Å². The number of ether oxygens (including phenoxy) is 10. The summed E-state index contributed by atoms with van der Waals surface area (Å²) in [5, 5.41) is 12.2. The third kappa shape index (κ3) is 13.2. The van der Waals surface area contributed by atoms with E-state index in [0.29, 0.717) is 23.2 Å². The van der Waals surface area contributed by atoms with Crippen molar-refractivity contribution in [3.8, 4) is 0 Å². The highest BCUT2D eigenvalue weighted by Gasteiger charge is 2.60. The van der Waals surface area contributed by atoms with Gasteiger partial charge in [-0.3, -0.25) is 0 Å². The number of benzene rings is 3. The van der Waals surface area contributed by atoms with Crippen LogP contribution in [0.25, 0.3) is 0 Å². The van der Waals surface area contributed by atoms with Crippen LogP contribution in [0.3, 0.4) is 0 Å². The van der Waals surface area contributed by atoms with Gasteiger partial charge in [0.15, 0.2) is 39.2 Å². The monoisotopic (exact) mass is 1060 g/mol. The molecule has 0 bridgehead atoms. The highest BCUT2D eigenvalue weighted by molar-refractivity contribution is 6.78. The van der Waals surface area contributed by atoms with Gasteiger partial charge in [-0.1, -0.05) is 174 Å². The number of hydrogen-bond donors (Lipinski definition) is 1. The molecule has 74 heavy (non-hydrogen) atoms. The van der Waals surface area contributed by atoms with Crippen molar-refractivity contribution >= 4 is 22.8 Å². The fourth-order valence-corrected chi connectivity index (χ4v) is 23.3. The van der Waals surface area contributed by atoms with Crippen LogP contribution in [0.1, 0.15) is 107 Å². The molecule has 0 spiro atoms. The number of rotatable bonds is 25. The van der Waals surface area contributed by atoms with Gasteiger partial charge in [0.1, 0.15) is 42.7 Å². The van der Waals surface area contributed by atoms with Gasteiger partial charge in [0.05, 0.1) is 45.4 Å². The summed E-state index contributed by atoms with van der Waals surface area (Å²) >= 11 is 0. The summed E-state index contributed by atoms with van der Waals surface area (Å²) in [6.45, 7) is 29.6. The van der Waals surface area contributed by atoms with Gasteiger partial charge in [0.2, 0.25) is 8.32 Å². The lowest BCUT2D eigenvalue weighted by atomic mass is 9.96. The fraction of sp³-hybridized carbons (Fsp3) is 0.638. The Balaban J connectivity index is 1.24. The third-order valence-corrected chi connectivity index (χ3v) is 28.0. The molecule has 4 heterocycles. The van der Waals surface area contributed by atoms with Crippen molar-refractivity contribution in [3.63, 3.8) is 0 Å². The molecule has 7 rings (SSSR count). The molecule has 4 aliphatic rings. The molecule has 0 aromatic heterocycles. The van der Waals surface area contributed by atoms with E-state index in [4.69, 9.17) is 56.2 Å². The molecule has 410 valence electrons. The zero-order valence-corrected chi connectivity index (χ0v) is 48.1. The van der Waals surface area contributed by atoms with E-state index in [1.165, 1.54) is 0 Å². The van der Waals surface area contributed by atoms with Crippen molar-refractivity contribution in [2.24, 2.45) is 0 Å². The Kier molecular flexibility index (Phi) is 20.6. The van der Waals surface area contributed by atoms with E-state index < -0.39 is 103 Å². The lowest BCUT2D eigenvalue weighted by Crippen LogP contribution is -2.65. The quantitative estimate of drug-likeness (QED) is 0.0634. The summed E-state index contributed by atoms with van der Waals surface area (Å²) in [5.74, 6) is 0. The molecule has 1 N–H and O–H groups in total. The van der Waals surface area contributed by atoms with Gasteiger partial charge in [-0.05, 0) is 62.9 Å². The maximum absolute atomic E-state index is 13.5. The summed E-state index contributed by atoms with van der Waals surface area (Å²) < 4.78 is 80.8. The SMILES string of the molecule is CC(C)[Si](OC[C@H]1OC=C[C@@H](O[C@@H]2O[C@H](CO[Si](C(C)C)(C(C)C)C(C)C)[C@@H]3OC(=O)O[C@@H]3[C@H]2O[C@@H]2O[C@@H](C)[C@@H](OCc3ccccc3)[C@@H](OCc3ccccc3)[C@@H]2OCc2ccccc2)[C@H]1O)(C(C)C)C(C)C. The summed E-state index contributed by atoms with van der Waals surface area (Å²) in [4.78, 5) is 13.5. The van der Waals surface area contributed by atoms with E-state index in [9.17, 15) is 9.90 Å². The maximum Gasteiger partial charge on any atom is 0.509 e. The molecule has 16 heteroatoms. The van der Waals surface area contributed by atoms with Crippen LogP contribution in [0, 0.1) is 0 Å². The van der Waals surface area contributed by atoms with Crippen LogP contribution in [-0.4, -0.2) is 121 Å². The van der Waals surface area contributed by atoms with E-state index in [2.05, 4.69) is 83.1 Å². The zero-order chi connectivity index (χ0) is 53.3. The standard InChI is InChI=1S/C58H86O14Si2/c1-36(2)73(37(3)4,38(5)6)65-34-47-49(59)46(29-30-61-47)68-57-55(53-51(71-58(60)72-53)48(69-57)35-66-74(39(7)8,40(9)10)41(11)12)70-56-54(64-33-45-27-21-16-22-28-45)52(63-32-44-25-19-15-20-26-44)50(42(13)67-56)62-31-43-23-17-14-18-24-43/h14-30,36-42,46-57,59H,31-35H2,1-13H3/t42-,46+,47+,48+,49+,50+,51-,52+,53-,54-,55+,56-,57+/m0/s1. The van der Waals surface area contributed by atoms with Crippen molar-refractivity contribution in [2.75, 3.05) is 13.2 Å². The smallest absolute Gasteiger partial charge is 0.493 e. The molecular formula is C58H86O14Si2. The topological polar surface area (TPSA) is 148 Å². The highest BCUT2D eigenvalue weighted by Crippen LogP contribution is 2.45. The van der Waals surface area contributed by atoms with Crippen LogP contribution in [0.5, 0.6) is 0 Å². The molecule has 13 atom stereocenters. The Labute approximate surface area is 443 Å². The zero-order valence-electron chi connectivity index (χ0n) is 46.1. The van der Waals surface area contributed by atoms with Crippen molar-refractivity contribution in [3.05, 3.63) is 120 Å². The van der Waals surface area contributed by atoms with Gasteiger partial charge in [0, 0.05) is 0 Å². The lowest BCUT2D eigenvalue weighted by molar-refractivity contribution is -0.371.